The van der Waals surface area contributed by atoms with Gasteiger partial charge in [0.15, 0.2) is 5.78 Å². The maximum absolute atomic E-state index is 11.4. The molecule has 0 amide bonds. The molecule has 0 N–H and O–H groups in total. The first-order chi connectivity index (χ1) is 7.20. The molecule has 0 saturated carbocycles. The molecule has 0 saturated heterocycles. The molecule has 0 atom stereocenters. The Hall–Kier alpha value is -1.44. The summed E-state index contributed by atoms with van der Waals surface area (Å²) in [7, 11) is 0. The highest BCUT2D eigenvalue weighted by atomic mass is 16.1. The van der Waals surface area contributed by atoms with Crippen molar-refractivity contribution in [2.24, 2.45) is 0 Å². The van der Waals surface area contributed by atoms with Gasteiger partial charge in [-0.15, -0.1) is 0 Å². The van der Waals surface area contributed by atoms with Crippen LogP contribution in [-0.2, 0) is 0 Å². The molecule has 0 fully saturated rings. The third kappa shape index (κ3) is 5.78. The number of ketones is 1. The lowest BCUT2D eigenvalue weighted by Gasteiger charge is -1.95. The molecule has 1 rings (SSSR count). The standard InChI is InChI=1S/C11H13NO.C2H6/c1-9(2)6-7-11(13)10-5-3-4-8-12-10;1-2/h3-6,8H,7H2,1-2H3;1-2H3. The van der Waals surface area contributed by atoms with Crippen molar-refractivity contribution >= 4 is 5.78 Å². The molecule has 1 aromatic rings. The van der Waals surface area contributed by atoms with Crippen molar-refractivity contribution in [1.82, 2.24) is 4.98 Å². The minimum atomic E-state index is 0.0711. The summed E-state index contributed by atoms with van der Waals surface area (Å²) < 4.78 is 0. The number of pyridine rings is 1. The first kappa shape index (κ1) is 13.6. The summed E-state index contributed by atoms with van der Waals surface area (Å²) in [5, 5.41) is 0. The van der Waals surface area contributed by atoms with E-state index in [0.29, 0.717) is 12.1 Å². The lowest BCUT2D eigenvalue weighted by Crippen LogP contribution is -1.99. The Morgan fingerprint density at radius 3 is 2.47 bits per heavy atom. The third-order valence-electron chi connectivity index (χ3n) is 1.65. The van der Waals surface area contributed by atoms with E-state index in [4.69, 9.17) is 0 Å². The van der Waals surface area contributed by atoms with Crippen LogP contribution in [0.15, 0.2) is 36.0 Å². The summed E-state index contributed by atoms with van der Waals surface area (Å²) in [6.45, 7) is 7.96. The number of hydrogen-bond acceptors (Lipinski definition) is 2. The Balaban J connectivity index is 0.000000921. The summed E-state index contributed by atoms with van der Waals surface area (Å²) in [6.07, 6.45) is 3.99. The second kappa shape index (κ2) is 7.92. The van der Waals surface area contributed by atoms with Gasteiger partial charge in [-0.3, -0.25) is 9.78 Å². The molecule has 0 bridgehead atoms. The molecule has 82 valence electrons. The van der Waals surface area contributed by atoms with Gasteiger partial charge in [0.1, 0.15) is 5.69 Å². The van der Waals surface area contributed by atoms with Crippen LogP contribution in [0, 0.1) is 0 Å². The van der Waals surface area contributed by atoms with Gasteiger partial charge in [0, 0.05) is 12.6 Å². The van der Waals surface area contributed by atoms with E-state index in [1.165, 1.54) is 0 Å². The molecule has 0 spiro atoms. The number of nitrogens with zero attached hydrogens (tertiary/aromatic N) is 1. The van der Waals surface area contributed by atoms with Gasteiger partial charge in [0.05, 0.1) is 0 Å². The average Bonchev–Trinajstić information content (AvgIpc) is 2.30. The van der Waals surface area contributed by atoms with Crippen LogP contribution in [0.25, 0.3) is 0 Å². The molecule has 2 nitrogen and oxygen atoms in total. The zero-order valence-corrected chi connectivity index (χ0v) is 9.95. The lowest BCUT2D eigenvalue weighted by atomic mass is 10.1. The van der Waals surface area contributed by atoms with Gasteiger partial charge in [0.25, 0.3) is 0 Å². The smallest absolute Gasteiger partial charge is 0.184 e. The van der Waals surface area contributed by atoms with Crippen LogP contribution >= 0.6 is 0 Å². The van der Waals surface area contributed by atoms with Crippen molar-refractivity contribution < 1.29 is 4.79 Å². The summed E-state index contributed by atoms with van der Waals surface area (Å²) >= 11 is 0. The van der Waals surface area contributed by atoms with Gasteiger partial charge in [-0.25, -0.2) is 0 Å². The maximum Gasteiger partial charge on any atom is 0.184 e. The van der Waals surface area contributed by atoms with Crippen LogP contribution in [0.2, 0.25) is 0 Å². The Morgan fingerprint density at radius 2 is 2.00 bits per heavy atom. The summed E-state index contributed by atoms with van der Waals surface area (Å²) in [5.74, 6) is 0.0711. The van der Waals surface area contributed by atoms with E-state index in [1.54, 1.807) is 18.3 Å². The zero-order chi connectivity index (χ0) is 11.7. The molecule has 0 aliphatic carbocycles. The van der Waals surface area contributed by atoms with Crippen molar-refractivity contribution in [3.05, 3.63) is 41.7 Å². The number of Topliss-reactive ketones (excluding diaryl/α,β-unsaturated/α-hetero) is 1. The van der Waals surface area contributed by atoms with Crippen LogP contribution in [0.5, 0.6) is 0 Å². The molecule has 1 heterocycles. The fourth-order valence-corrected chi connectivity index (χ4v) is 0.929. The molecule has 0 aliphatic heterocycles. The molecule has 1 aromatic heterocycles. The van der Waals surface area contributed by atoms with Crippen molar-refractivity contribution in [2.75, 3.05) is 0 Å². The average molecular weight is 205 g/mol. The van der Waals surface area contributed by atoms with Gasteiger partial charge in [-0.2, -0.15) is 0 Å². The predicted octanol–water partition coefficient (Wildman–Crippen LogP) is 3.65. The lowest BCUT2D eigenvalue weighted by molar-refractivity contribution is 0.0991. The highest BCUT2D eigenvalue weighted by Crippen LogP contribution is 2.01. The topological polar surface area (TPSA) is 30.0 Å². The fourth-order valence-electron chi connectivity index (χ4n) is 0.929. The molecule has 15 heavy (non-hydrogen) atoms. The van der Waals surface area contributed by atoms with Gasteiger partial charge in [-0.05, 0) is 26.0 Å². The SMILES string of the molecule is CC.CC(C)=CCC(=O)c1ccccn1. The molecule has 0 aliphatic rings. The molecule has 0 aromatic carbocycles. The normalized spacial score (nSPS) is 8.53. The van der Waals surface area contributed by atoms with Crippen molar-refractivity contribution in [3.63, 3.8) is 0 Å². The zero-order valence-electron chi connectivity index (χ0n) is 9.95. The number of allylic oxidation sites excluding steroid dienone is 2. The Bertz CT molecular complexity index is 311. The van der Waals surface area contributed by atoms with E-state index in [0.717, 1.165) is 5.57 Å². The van der Waals surface area contributed by atoms with Crippen molar-refractivity contribution in [2.45, 2.75) is 34.1 Å². The van der Waals surface area contributed by atoms with Crippen LogP contribution in [-0.4, -0.2) is 10.8 Å². The Labute approximate surface area is 92.0 Å². The van der Waals surface area contributed by atoms with Crippen LogP contribution in [0.3, 0.4) is 0 Å². The fraction of sp³-hybridized carbons (Fsp3) is 0.385. The minimum Gasteiger partial charge on any atom is -0.292 e. The summed E-state index contributed by atoms with van der Waals surface area (Å²) in [4.78, 5) is 15.4. The van der Waals surface area contributed by atoms with E-state index in [-0.39, 0.29) is 5.78 Å². The van der Waals surface area contributed by atoms with Crippen molar-refractivity contribution in [3.8, 4) is 0 Å². The van der Waals surface area contributed by atoms with E-state index >= 15 is 0 Å². The van der Waals surface area contributed by atoms with Crippen LogP contribution < -0.4 is 0 Å². The van der Waals surface area contributed by atoms with E-state index in [1.807, 2.05) is 39.8 Å². The van der Waals surface area contributed by atoms with E-state index < -0.39 is 0 Å². The van der Waals surface area contributed by atoms with Gasteiger partial charge >= 0.3 is 0 Å². The second-order valence-corrected chi connectivity index (χ2v) is 3.12. The number of hydrogen-bond donors (Lipinski definition) is 0. The third-order valence-corrected chi connectivity index (χ3v) is 1.65. The van der Waals surface area contributed by atoms with E-state index in [9.17, 15) is 4.79 Å². The Kier molecular flexibility index (Phi) is 7.16. The number of carbonyl (C=O) groups is 1. The first-order valence-electron chi connectivity index (χ1n) is 5.28. The summed E-state index contributed by atoms with van der Waals surface area (Å²) in [5.41, 5.74) is 1.70. The monoisotopic (exact) mass is 205 g/mol. The van der Waals surface area contributed by atoms with Gasteiger partial charge in [-0.1, -0.05) is 31.6 Å². The van der Waals surface area contributed by atoms with E-state index in [2.05, 4.69) is 4.98 Å². The van der Waals surface area contributed by atoms with Crippen molar-refractivity contribution in [1.29, 1.82) is 0 Å². The maximum atomic E-state index is 11.4. The van der Waals surface area contributed by atoms with Gasteiger partial charge < -0.3 is 0 Å². The highest BCUT2D eigenvalue weighted by Gasteiger charge is 2.02. The van der Waals surface area contributed by atoms with Crippen LogP contribution in [0.1, 0.15) is 44.6 Å². The molecular formula is C13H19NO. The number of rotatable bonds is 3. The Morgan fingerprint density at radius 1 is 1.33 bits per heavy atom. The molecule has 0 unspecified atom stereocenters. The number of aromatic nitrogens is 1. The second-order valence-electron chi connectivity index (χ2n) is 3.12. The number of carbonyl (C=O) groups excluding carboxylic acids is 1. The van der Waals surface area contributed by atoms with Crippen LogP contribution in [0.4, 0.5) is 0 Å². The minimum absolute atomic E-state index is 0.0711. The quantitative estimate of drug-likeness (QED) is 0.557. The molecular weight excluding hydrogens is 186 g/mol. The molecule has 2 heteroatoms. The predicted molar refractivity (Wildman–Crippen MR) is 64.0 cm³/mol. The highest BCUT2D eigenvalue weighted by molar-refractivity contribution is 5.95. The first-order valence-corrected chi connectivity index (χ1v) is 5.28. The largest absolute Gasteiger partial charge is 0.292 e. The summed E-state index contributed by atoms with van der Waals surface area (Å²) in [6, 6.07) is 5.36. The van der Waals surface area contributed by atoms with Gasteiger partial charge in [0.2, 0.25) is 0 Å². The molecule has 0 radical (unpaired) electrons.